The van der Waals surface area contributed by atoms with E-state index in [1.807, 2.05) is 18.2 Å². The first-order chi connectivity index (χ1) is 12.2. The second-order valence-corrected chi connectivity index (χ2v) is 8.65. The molecule has 5 heteroatoms. The Morgan fingerprint density at radius 1 is 1.15 bits per heavy atom. The summed E-state index contributed by atoms with van der Waals surface area (Å²) in [5, 5.41) is 4.44. The third kappa shape index (κ3) is 4.21. The van der Waals surface area contributed by atoms with E-state index in [-0.39, 0.29) is 17.8 Å². The van der Waals surface area contributed by atoms with Crippen molar-refractivity contribution in [1.29, 1.82) is 0 Å². The number of nitrogens with one attached hydrogen (secondary N) is 1. The molecule has 3 nitrogen and oxygen atoms in total. The van der Waals surface area contributed by atoms with E-state index < -0.39 is 0 Å². The van der Waals surface area contributed by atoms with Gasteiger partial charge >= 0.3 is 0 Å². The minimum atomic E-state index is -0.334. The lowest BCUT2D eigenvalue weighted by Gasteiger charge is -2.39. The quantitative estimate of drug-likeness (QED) is 0.790. The van der Waals surface area contributed by atoms with Crippen LogP contribution < -0.4 is 5.32 Å². The van der Waals surface area contributed by atoms with Crippen molar-refractivity contribution in [3.8, 4) is 0 Å². The lowest BCUT2D eigenvalue weighted by atomic mass is 9.77. The van der Waals surface area contributed by atoms with Crippen LogP contribution in [0.25, 0.3) is 0 Å². The van der Waals surface area contributed by atoms with Crippen LogP contribution in [0.15, 0.2) is 24.3 Å². The normalized spacial score (nSPS) is 22.9. The average molecular weight is 397 g/mol. The summed E-state index contributed by atoms with van der Waals surface area (Å²) >= 11 is 6.23. The number of benzene rings is 1. The van der Waals surface area contributed by atoms with E-state index in [0.29, 0.717) is 11.9 Å². The summed E-state index contributed by atoms with van der Waals surface area (Å²) in [6.45, 7) is 2.96. The molecule has 2 saturated carbocycles. The van der Waals surface area contributed by atoms with Gasteiger partial charge in [-0.1, -0.05) is 36.6 Å². The average Bonchev–Trinajstić information content (AvgIpc) is 3.34. The van der Waals surface area contributed by atoms with E-state index in [1.165, 1.54) is 19.4 Å². The van der Waals surface area contributed by atoms with Crippen LogP contribution >= 0.6 is 24.0 Å². The molecule has 3 fully saturated rings. The second-order valence-electron chi connectivity index (χ2n) is 8.22. The van der Waals surface area contributed by atoms with Gasteiger partial charge in [0.05, 0.1) is 5.41 Å². The number of amides is 1. The van der Waals surface area contributed by atoms with Crippen LogP contribution in [0.1, 0.15) is 56.9 Å². The zero-order valence-corrected chi connectivity index (χ0v) is 17.0. The topological polar surface area (TPSA) is 32.3 Å². The maximum Gasteiger partial charge on any atom is 0.233 e. The fourth-order valence-electron chi connectivity index (χ4n) is 4.64. The number of hydrogen-bond acceptors (Lipinski definition) is 2. The van der Waals surface area contributed by atoms with Gasteiger partial charge in [-0.15, -0.1) is 12.4 Å². The maximum absolute atomic E-state index is 13.5. The SMILES string of the molecule is Cl.O=C(N1CCC(NCC2CC2)CC1)C1(c2cccc(Cl)c2)CCCC1. The highest BCUT2D eigenvalue weighted by atomic mass is 35.5. The van der Waals surface area contributed by atoms with Crippen molar-refractivity contribution in [2.75, 3.05) is 19.6 Å². The summed E-state index contributed by atoms with van der Waals surface area (Å²) in [4.78, 5) is 15.6. The Morgan fingerprint density at radius 2 is 1.85 bits per heavy atom. The molecule has 0 bridgehead atoms. The molecule has 144 valence electrons. The molecule has 3 aliphatic rings. The molecular formula is C21H30Cl2N2O. The fourth-order valence-corrected chi connectivity index (χ4v) is 4.83. The molecule has 0 radical (unpaired) electrons. The summed E-state index contributed by atoms with van der Waals surface area (Å²) < 4.78 is 0. The Labute approximate surface area is 168 Å². The Bertz CT molecular complexity index is 618. The first kappa shape index (κ1) is 20.0. The molecular weight excluding hydrogens is 367 g/mol. The highest BCUT2D eigenvalue weighted by molar-refractivity contribution is 6.30. The maximum atomic E-state index is 13.5. The third-order valence-corrected chi connectivity index (χ3v) is 6.65. The summed E-state index contributed by atoms with van der Waals surface area (Å²) in [7, 11) is 0. The van der Waals surface area contributed by atoms with E-state index in [0.717, 1.165) is 68.1 Å². The van der Waals surface area contributed by atoms with Crippen molar-refractivity contribution in [2.45, 2.75) is 62.8 Å². The number of hydrogen-bond donors (Lipinski definition) is 1. The van der Waals surface area contributed by atoms with E-state index in [1.54, 1.807) is 0 Å². The van der Waals surface area contributed by atoms with Crippen LogP contribution in [-0.2, 0) is 10.2 Å². The zero-order valence-electron chi connectivity index (χ0n) is 15.4. The molecule has 1 amide bonds. The molecule has 4 rings (SSSR count). The third-order valence-electron chi connectivity index (χ3n) is 6.42. The zero-order chi connectivity index (χ0) is 17.3. The Balaban J connectivity index is 0.00000196. The number of nitrogens with zero attached hydrogens (tertiary/aromatic N) is 1. The van der Waals surface area contributed by atoms with Crippen LogP contribution in [0, 0.1) is 5.92 Å². The summed E-state index contributed by atoms with van der Waals surface area (Å²) in [6.07, 6.45) is 9.17. The monoisotopic (exact) mass is 396 g/mol. The van der Waals surface area contributed by atoms with E-state index in [9.17, 15) is 4.79 Å². The molecule has 0 unspecified atom stereocenters. The number of carbonyl (C=O) groups is 1. The van der Waals surface area contributed by atoms with Crippen molar-refractivity contribution in [3.05, 3.63) is 34.9 Å². The Hall–Kier alpha value is -0.770. The van der Waals surface area contributed by atoms with Crippen molar-refractivity contribution in [3.63, 3.8) is 0 Å². The van der Waals surface area contributed by atoms with Gasteiger partial charge in [0.1, 0.15) is 0 Å². The van der Waals surface area contributed by atoms with Crippen molar-refractivity contribution in [1.82, 2.24) is 10.2 Å². The van der Waals surface area contributed by atoms with Crippen LogP contribution in [0.3, 0.4) is 0 Å². The number of likely N-dealkylation sites (tertiary alicyclic amines) is 1. The van der Waals surface area contributed by atoms with Gasteiger partial charge in [0.25, 0.3) is 0 Å². The smallest absolute Gasteiger partial charge is 0.233 e. The van der Waals surface area contributed by atoms with Crippen LogP contribution in [0.4, 0.5) is 0 Å². The standard InChI is InChI=1S/C21H29ClN2O.ClH/c22-18-5-3-4-17(14-18)21(10-1-2-11-21)20(25)24-12-8-19(9-13-24)23-15-16-6-7-16;/h3-5,14,16,19,23H,1-2,6-13,15H2;1H. The minimum Gasteiger partial charge on any atom is -0.342 e. The lowest BCUT2D eigenvalue weighted by Crippen LogP contribution is -2.51. The first-order valence-corrected chi connectivity index (χ1v) is 10.3. The lowest BCUT2D eigenvalue weighted by molar-refractivity contribution is -0.138. The van der Waals surface area contributed by atoms with Gasteiger partial charge in [-0.3, -0.25) is 4.79 Å². The minimum absolute atomic E-state index is 0. The molecule has 26 heavy (non-hydrogen) atoms. The van der Waals surface area contributed by atoms with Crippen LogP contribution in [0.2, 0.25) is 5.02 Å². The van der Waals surface area contributed by atoms with Gasteiger partial charge in [0, 0.05) is 24.2 Å². The Morgan fingerprint density at radius 3 is 2.46 bits per heavy atom. The van der Waals surface area contributed by atoms with E-state index in [2.05, 4.69) is 16.3 Å². The summed E-state index contributed by atoms with van der Waals surface area (Å²) in [5.74, 6) is 1.26. The molecule has 2 aliphatic carbocycles. The number of rotatable bonds is 5. The largest absolute Gasteiger partial charge is 0.342 e. The second kappa shape index (κ2) is 8.50. The van der Waals surface area contributed by atoms with Crippen LogP contribution in [-0.4, -0.2) is 36.5 Å². The first-order valence-electron chi connectivity index (χ1n) is 9.96. The van der Waals surface area contributed by atoms with Gasteiger partial charge < -0.3 is 10.2 Å². The summed E-state index contributed by atoms with van der Waals surface area (Å²) in [6, 6.07) is 8.58. The summed E-state index contributed by atoms with van der Waals surface area (Å²) in [5.41, 5.74) is 0.788. The van der Waals surface area contributed by atoms with Crippen molar-refractivity contribution >= 4 is 29.9 Å². The molecule has 1 aliphatic heterocycles. The number of halogens is 2. The highest BCUT2D eigenvalue weighted by Gasteiger charge is 2.45. The Kier molecular flexibility index (Phi) is 6.53. The van der Waals surface area contributed by atoms with E-state index in [4.69, 9.17) is 11.6 Å². The fraction of sp³-hybridized carbons (Fsp3) is 0.667. The van der Waals surface area contributed by atoms with Crippen molar-refractivity contribution < 1.29 is 4.79 Å². The molecule has 1 heterocycles. The van der Waals surface area contributed by atoms with Gasteiger partial charge in [-0.25, -0.2) is 0 Å². The highest BCUT2D eigenvalue weighted by Crippen LogP contribution is 2.43. The molecule has 0 atom stereocenters. The number of carbonyl (C=O) groups excluding carboxylic acids is 1. The van der Waals surface area contributed by atoms with Gasteiger partial charge in [0.15, 0.2) is 0 Å². The van der Waals surface area contributed by atoms with Gasteiger partial charge in [-0.05, 0) is 68.7 Å². The molecule has 0 aromatic heterocycles. The molecule has 1 saturated heterocycles. The molecule has 1 N–H and O–H groups in total. The van der Waals surface area contributed by atoms with E-state index >= 15 is 0 Å². The molecule has 1 aromatic carbocycles. The van der Waals surface area contributed by atoms with Gasteiger partial charge in [-0.2, -0.15) is 0 Å². The number of piperidine rings is 1. The molecule has 1 aromatic rings. The van der Waals surface area contributed by atoms with Crippen LogP contribution in [0.5, 0.6) is 0 Å². The van der Waals surface area contributed by atoms with Crippen molar-refractivity contribution in [2.24, 2.45) is 5.92 Å². The predicted octanol–water partition coefficient (Wildman–Crippen LogP) is 4.56. The molecule has 0 spiro atoms. The predicted molar refractivity (Wildman–Crippen MR) is 109 cm³/mol. The van der Waals surface area contributed by atoms with Gasteiger partial charge in [0.2, 0.25) is 5.91 Å².